The van der Waals surface area contributed by atoms with Gasteiger partial charge in [0.15, 0.2) is 8.68 Å². The van der Waals surface area contributed by atoms with Gasteiger partial charge in [-0.25, -0.2) is 9.97 Å². The Bertz CT molecular complexity index is 1070. The van der Waals surface area contributed by atoms with Gasteiger partial charge in [-0.3, -0.25) is 0 Å². The van der Waals surface area contributed by atoms with Gasteiger partial charge in [0.2, 0.25) is 0 Å². The van der Waals surface area contributed by atoms with E-state index in [0.29, 0.717) is 5.52 Å². The van der Waals surface area contributed by atoms with E-state index >= 15 is 0 Å². The van der Waals surface area contributed by atoms with Crippen molar-refractivity contribution in [2.45, 2.75) is 21.8 Å². The van der Waals surface area contributed by atoms with Crippen molar-refractivity contribution in [3.63, 3.8) is 0 Å². The highest BCUT2D eigenvalue weighted by Crippen LogP contribution is 2.44. The third kappa shape index (κ3) is 3.64. The van der Waals surface area contributed by atoms with Gasteiger partial charge in [-0.2, -0.15) is 13.2 Å². The second-order valence-electron chi connectivity index (χ2n) is 5.28. The standard InChI is InChI=1S/C16H9F3N2S4/c1-8-2-4-12-10(6-8)20-14(22-12)24-25-15-21-11-7-9(16(17,18)19)3-5-13(11)23-15/h2-7H,1H3. The van der Waals surface area contributed by atoms with Crippen LogP contribution in [0.25, 0.3) is 20.4 Å². The number of fused-ring (bicyclic) bond motifs is 2. The fraction of sp³-hybridized carbons (Fsp3) is 0.125. The molecule has 0 saturated heterocycles. The topological polar surface area (TPSA) is 25.8 Å². The smallest absolute Gasteiger partial charge is 0.229 e. The van der Waals surface area contributed by atoms with E-state index in [1.165, 1.54) is 39.0 Å². The van der Waals surface area contributed by atoms with Crippen molar-refractivity contribution >= 4 is 64.7 Å². The van der Waals surface area contributed by atoms with Crippen molar-refractivity contribution in [1.82, 2.24) is 9.97 Å². The summed E-state index contributed by atoms with van der Waals surface area (Å²) in [6.07, 6.45) is -4.35. The fourth-order valence-corrected chi connectivity index (χ4v) is 6.70. The number of halogens is 3. The lowest BCUT2D eigenvalue weighted by Crippen LogP contribution is -2.03. The predicted octanol–water partition coefficient (Wildman–Crippen LogP) is 7.03. The zero-order valence-corrected chi connectivity index (χ0v) is 15.9. The Morgan fingerprint density at radius 1 is 0.840 bits per heavy atom. The van der Waals surface area contributed by atoms with Gasteiger partial charge in [0, 0.05) is 0 Å². The van der Waals surface area contributed by atoms with Crippen LogP contribution in [0.1, 0.15) is 11.1 Å². The molecule has 0 fully saturated rings. The maximum Gasteiger partial charge on any atom is 0.416 e. The summed E-state index contributed by atoms with van der Waals surface area (Å²) in [6.45, 7) is 2.02. The van der Waals surface area contributed by atoms with Crippen LogP contribution in [0, 0.1) is 6.92 Å². The zero-order valence-electron chi connectivity index (χ0n) is 12.6. The quantitative estimate of drug-likeness (QED) is 0.336. The number of rotatable bonds is 3. The molecule has 0 unspecified atom stereocenters. The van der Waals surface area contributed by atoms with E-state index in [1.807, 2.05) is 25.1 Å². The molecule has 0 saturated carbocycles. The minimum Gasteiger partial charge on any atom is -0.229 e. The molecule has 128 valence electrons. The number of benzene rings is 2. The predicted molar refractivity (Wildman–Crippen MR) is 101 cm³/mol. The first-order chi connectivity index (χ1) is 11.9. The van der Waals surface area contributed by atoms with Crippen LogP contribution in [-0.4, -0.2) is 9.97 Å². The summed E-state index contributed by atoms with van der Waals surface area (Å²) in [4.78, 5) is 8.89. The minimum absolute atomic E-state index is 0.378. The normalized spacial score (nSPS) is 12.3. The summed E-state index contributed by atoms with van der Waals surface area (Å²) < 4.78 is 41.8. The maximum absolute atomic E-state index is 12.8. The van der Waals surface area contributed by atoms with E-state index in [2.05, 4.69) is 9.97 Å². The Morgan fingerprint density at radius 3 is 2.00 bits per heavy atom. The molecule has 0 atom stereocenters. The summed E-state index contributed by atoms with van der Waals surface area (Å²) in [5.41, 5.74) is 1.83. The van der Waals surface area contributed by atoms with Crippen molar-refractivity contribution < 1.29 is 13.2 Å². The van der Waals surface area contributed by atoms with E-state index in [-0.39, 0.29) is 0 Å². The molecule has 0 aliphatic heterocycles. The Balaban J connectivity index is 1.55. The maximum atomic E-state index is 12.8. The van der Waals surface area contributed by atoms with E-state index in [1.54, 1.807) is 11.3 Å². The SMILES string of the molecule is Cc1ccc2sc(SSc3nc4cc(C(F)(F)F)ccc4s3)nc2c1. The van der Waals surface area contributed by atoms with Crippen LogP contribution >= 0.6 is 44.3 Å². The van der Waals surface area contributed by atoms with Crippen LogP contribution in [0.4, 0.5) is 13.2 Å². The largest absolute Gasteiger partial charge is 0.416 e. The van der Waals surface area contributed by atoms with E-state index in [9.17, 15) is 13.2 Å². The van der Waals surface area contributed by atoms with Crippen LogP contribution in [0.2, 0.25) is 0 Å². The number of hydrogen-bond acceptors (Lipinski definition) is 6. The van der Waals surface area contributed by atoms with Gasteiger partial charge < -0.3 is 0 Å². The Labute approximate surface area is 156 Å². The molecule has 0 aliphatic carbocycles. The first kappa shape index (κ1) is 17.1. The van der Waals surface area contributed by atoms with Gasteiger partial charge >= 0.3 is 6.18 Å². The van der Waals surface area contributed by atoms with Crippen molar-refractivity contribution in [2.75, 3.05) is 0 Å². The Morgan fingerprint density at radius 2 is 1.40 bits per heavy atom. The molecule has 25 heavy (non-hydrogen) atoms. The molecule has 0 radical (unpaired) electrons. The summed E-state index contributed by atoms with van der Waals surface area (Å²) in [6, 6.07) is 9.81. The molecule has 9 heteroatoms. The van der Waals surface area contributed by atoms with Crippen molar-refractivity contribution in [1.29, 1.82) is 0 Å². The van der Waals surface area contributed by atoms with Crippen molar-refractivity contribution in [2.24, 2.45) is 0 Å². The summed E-state index contributed by atoms with van der Waals surface area (Å²) in [5.74, 6) is 0. The molecule has 4 aromatic rings. The average Bonchev–Trinajstić information content (AvgIpc) is 3.13. The third-order valence-electron chi connectivity index (χ3n) is 3.40. The first-order valence-corrected chi connectivity index (χ1v) is 10.9. The molecule has 0 bridgehead atoms. The van der Waals surface area contributed by atoms with E-state index in [4.69, 9.17) is 0 Å². The van der Waals surface area contributed by atoms with Gasteiger partial charge in [-0.15, -0.1) is 22.7 Å². The van der Waals surface area contributed by atoms with Crippen molar-refractivity contribution in [3.05, 3.63) is 47.5 Å². The molecule has 0 spiro atoms. The number of aryl methyl sites for hydroxylation is 1. The molecule has 0 aliphatic rings. The van der Waals surface area contributed by atoms with Gasteiger partial charge in [0.25, 0.3) is 0 Å². The number of nitrogens with zero attached hydrogens (tertiary/aromatic N) is 2. The lowest BCUT2D eigenvalue weighted by atomic mass is 10.2. The van der Waals surface area contributed by atoms with E-state index < -0.39 is 11.7 Å². The molecule has 0 N–H and O–H groups in total. The number of alkyl halides is 3. The lowest BCUT2D eigenvalue weighted by Gasteiger charge is -2.04. The molecule has 0 amide bonds. The highest BCUT2D eigenvalue weighted by atomic mass is 33.1. The van der Waals surface area contributed by atoms with Crippen LogP contribution in [0.5, 0.6) is 0 Å². The second kappa shape index (κ2) is 6.46. The molecular formula is C16H9F3N2S4. The number of thiazole rings is 2. The molecule has 4 rings (SSSR count). The zero-order chi connectivity index (χ0) is 17.6. The van der Waals surface area contributed by atoms with Gasteiger partial charge in [0.05, 0.1) is 26.0 Å². The number of hydrogen-bond donors (Lipinski definition) is 0. The monoisotopic (exact) mass is 414 g/mol. The van der Waals surface area contributed by atoms with Crippen LogP contribution in [0.3, 0.4) is 0 Å². The first-order valence-electron chi connectivity index (χ1n) is 7.08. The van der Waals surface area contributed by atoms with Crippen LogP contribution in [0.15, 0.2) is 45.1 Å². The average molecular weight is 415 g/mol. The Hall–Kier alpha value is -1.29. The molecule has 2 aromatic carbocycles. The molecule has 2 nitrogen and oxygen atoms in total. The molecular weight excluding hydrogens is 405 g/mol. The van der Waals surface area contributed by atoms with Crippen LogP contribution in [-0.2, 0) is 6.18 Å². The lowest BCUT2D eigenvalue weighted by molar-refractivity contribution is -0.137. The molecule has 2 heterocycles. The minimum atomic E-state index is -4.35. The highest BCUT2D eigenvalue weighted by molar-refractivity contribution is 8.77. The summed E-state index contributed by atoms with van der Waals surface area (Å²) >= 11 is 2.98. The summed E-state index contributed by atoms with van der Waals surface area (Å²) in [7, 11) is 2.90. The summed E-state index contributed by atoms with van der Waals surface area (Å²) in [5, 5.41) is 0. The van der Waals surface area contributed by atoms with Gasteiger partial charge in [-0.05, 0) is 64.4 Å². The highest BCUT2D eigenvalue weighted by Gasteiger charge is 2.30. The van der Waals surface area contributed by atoms with Gasteiger partial charge in [-0.1, -0.05) is 6.07 Å². The van der Waals surface area contributed by atoms with Crippen LogP contribution < -0.4 is 0 Å². The van der Waals surface area contributed by atoms with E-state index in [0.717, 1.165) is 41.3 Å². The second-order valence-corrected chi connectivity index (χ2v) is 9.96. The Kier molecular flexibility index (Phi) is 4.43. The third-order valence-corrected chi connectivity index (χ3v) is 8.45. The molecule has 2 aromatic heterocycles. The van der Waals surface area contributed by atoms with Gasteiger partial charge in [0.1, 0.15) is 0 Å². The number of aromatic nitrogens is 2. The fourth-order valence-electron chi connectivity index (χ4n) is 2.24. The van der Waals surface area contributed by atoms with Crippen molar-refractivity contribution in [3.8, 4) is 0 Å².